The number of hydrogen-bond acceptors (Lipinski definition) is 3. The molecule has 1 N–H and O–H groups in total. The molecular formula is C11H19F3N2O. The van der Waals surface area contributed by atoms with Crippen molar-refractivity contribution in [1.82, 2.24) is 4.90 Å². The van der Waals surface area contributed by atoms with Crippen molar-refractivity contribution in [2.75, 3.05) is 26.2 Å². The molecule has 3 nitrogen and oxygen atoms in total. The van der Waals surface area contributed by atoms with Gasteiger partial charge >= 0.3 is 6.18 Å². The summed E-state index contributed by atoms with van der Waals surface area (Å²) in [5, 5.41) is 17.4. The minimum atomic E-state index is -4.25. The van der Waals surface area contributed by atoms with Gasteiger partial charge in [0.1, 0.15) is 0 Å². The van der Waals surface area contributed by atoms with Crippen molar-refractivity contribution in [1.29, 1.82) is 5.26 Å². The van der Waals surface area contributed by atoms with Crippen LogP contribution in [0.4, 0.5) is 13.2 Å². The van der Waals surface area contributed by atoms with Crippen LogP contribution >= 0.6 is 0 Å². The zero-order chi connectivity index (χ0) is 13.5. The Bertz CT molecular complexity index is 258. The number of nitriles is 1. The van der Waals surface area contributed by atoms with E-state index in [1.165, 1.54) is 0 Å². The Balaban J connectivity index is 4.07. The fraction of sp³-hybridized carbons (Fsp3) is 0.909. The first-order valence-electron chi connectivity index (χ1n) is 5.51. The Kier molecular flexibility index (Phi) is 6.50. The molecule has 0 unspecified atom stereocenters. The van der Waals surface area contributed by atoms with Crippen molar-refractivity contribution in [2.24, 2.45) is 5.41 Å². The van der Waals surface area contributed by atoms with E-state index in [0.717, 1.165) is 4.90 Å². The van der Waals surface area contributed by atoms with Crippen molar-refractivity contribution in [3.05, 3.63) is 0 Å². The highest BCUT2D eigenvalue weighted by Gasteiger charge is 2.30. The van der Waals surface area contributed by atoms with Gasteiger partial charge in [-0.05, 0) is 33.2 Å². The lowest BCUT2D eigenvalue weighted by atomic mass is 9.90. The molecule has 0 fully saturated rings. The molecule has 0 aromatic heterocycles. The molecule has 0 saturated carbocycles. The third-order valence-corrected chi connectivity index (χ3v) is 2.40. The van der Waals surface area contributed by atoms with E-state index in [0.29, 0.717) is 12.8 Å². The topological polar surface area (TPSA) is 47.3 Å². The second kappa shape index (κ2) is 6.82. The van der Waals surface area contributed by atoms with Gasteiger partial charge in [-0.3, -0.25) is 4.90 Å². The van der Waals surface area contributed by atoms with Crippen LogP contribution < -0.4 is 0 Å². The lowest BCUT2D eigenvalue weighted by Gasteiger charge is -2.24. The van der Waals surface area contributed by atoms with E-state index in [2.05, 4.69) is 6.07 Å². The molecule has 0 aliphatic rings. The quantitative estimate of drug-likeness (QED) is 0.755. The first kappa shape index (κ1) is 16.2. The van der Waals surface area contributed by atoms with Gasteiger partial charge < -0.3 is 5.11 Å². The van der Waals surface area contributed by atoms with Crippen LogP contribution in [0.2, 0.25) is 0 Å². The smallest absolute Gasteiger partial charge is 0.395 e. The number of halogens is 3. The van der Waals surface area contributed by atoms with Gasteiger partial charge in [-0.15, -0.1) is 0 Å². The van der Waals surface area contributed by atoms with Crippen LogP contribution in [-0.4, -0.2) is 42.4 Å². The maximum Gasteiger partial charge on any atom is 0.401 e. The van der Waals surface area contributed by atoms with Gasteiger partial charge in [0, 0.05) is 6.54 Å². The Hall–Kier alpha value is -0.800. The SMILES string of the molecule is CC(C)(C#N)CCCN(CCO)CC(F)(F)F. The molecule has 0 amide bonds. The van der Waals surface area contributed by atoms with E-state index in [1.54, 1.807) is 13.8 Å². The van der Waals surface area contributed by atoms with Gasteiger partial charge in [0.05, 0.1) is 24.6 Å². The van der Waals surface area contributed by atoms with E-state index in [4.69, 9.17) is 10.4 Å². The Morgan fingerprint density at radius 3 is 2.24 bits per heavy atom. The van der Waals surface area contributed by atoms with Crippen molar-refractivity contribution >= 4 is 0 Å². The first-order chi connectivity index (χ1) is 7.70. The van der Waals surface area contributed by atoms with E-state index in [1.807, 2.05) is 0 Å². The van der Waals surface area contributed by atoms with Crippen LogP contribution in [0.15, 0.2) is 0 Å². The molecule has 0 aliphatic heterocycles. The standard InChI is InChI=1S/C11H19F3N2O/c1-10(2,8-15)4-3-5-16(6-7-17)9-11(12,13)14/h17H,3-7,9H2,1-2H3. The molecule has 0 bridgehead atoms. The highest BCUT2D eigenvalue weighted by atomic mass is 19.4. The summed E-state index contributed by atoms with van der Waals surface area (Å²) in [6.07, 6.45) is -3.19. The molecule has 0 aromatic rings. The lowest BCUT2D eigenvalue weighted by Crippen LogP contribution is -2.37. The van der Waals surface area contributed by atoms with Crippen LogP contribution in [0, 0.1) is 16.7 Å². The molecule has 0 aliphatic carbocycles. The average molecular weight is 252 g/mol. The van der Waals surface area contributed by atoms with Crippen molar-refractivity contribution in [3.8, 4) is 6.07 Å². The maximum absolute atomic E-state index is 12.2. The largest absolute Gasteiger partial charge is 0.401 e. The molecule has 0 heterocycles. The lowest BCUT2D eigenvalue weighted by molar-refractivity contribution is -0.146. The van der Waals surface area contributed by atoms with Crippen LogP contribution in [0.3, 0.4) is 0 Å². The van der Waals surface area contributed by atoms with E-state index in [9.17, 15) is 13.2 Å². The van der Waals surface area contributed by atoms with Crippen LogP contribution in [0.1, 0.15) is 26.7 Å². The van der Waals surface area contributed by atoms with Crippen LogP contribution in [-0.2, 0) is 0 Å². The zero-order valence-electron chi connectivity index (χ0n) is 10.2. The third kappa shape index (κ3) is 8.95. The molecule has 0 aromatic carbocycles. The molecular weight excluding hydrogens is 233 g/mol. The van der Waals surface area contributed by atoms with E-state index >= 15 is 0 Å². The second-order valence-corrected chi connectivity index (χ2v) is 4.71. The fourth-order valence-corrected chi connectivity index (χ4v) is 1.47. The van der Waals surface area contributed by atoms with Gasteiger partial charge in [-0.25, -0.2) is 0 Å². The number of aliphatic hydroxyl groups is 1. The Morgan fingerprint density at radius 2 is 1.82 bits per heavy atom. The summed E-state index contributed by atoms with van der Waals surface area (Å²) in [4.78, 5) is 1.16. The molecule has 0 saturated heterocycles. The summed E-state index contributed by atoms with van der Waals surface area (Å²) in [5.74, 6) is 0. The molecule has 0 rings (SSSR count). The van der Waals surface area contributed by atoms with Gasteiger partial charge in [0.15, 0.2) is 0 Å². The van der Waals surface area contributed by atoms with Gasteiger partial charge in [0.2, 0.25) is 0 Å². The number of nitrogens with zero attached hydrogens (tertiary/aromatic N) is 2. The normalized spacial score (nSPS) is 12.8. The number of aliphatic hydroxyl groups excluding tert-OH is 1. The summed E-state index contributed by atoms with van der Waals surface area (Å²) < 4.78 is 36.5. The maximum atomic E-state index is 12.2. The number of hydrogen-bond donors (Lipinski definition) is 1. The molecule has 0 atom stereocenters. The highest BCUT2D eigenvalue weighted by Crippen LogP contribution is 2.22. The first-order valence-corrected chi connectivity index (χ1v) is 5.51. The van der Waals surface area contributed by atoms with Crippen molar-refractivity contribution < 1.29 is 18.3 Å². The zero-order valence-corrected chi connectivity index (χ0v) is 10.2. The molecule has 100 valence electrons. The Morgan fingerprint density at radius 1 is 1.24 bits per heavy atom. The second-order valence-electron chi connectivity index (χ2n) is 4.71. The van der Waals surface area contributed by atoms with Crippen LogP contribution in [0.25, 0.3) is 0 Å². The van der Waals surface area contributed by atoms with Gasteiger partial charge in [-0.2, -0.15) is 18.4 Å². The summed E-state index contributed by atoms with van der Waals surface area (Å²) in [6, 6.07) is 2.11. The summed E-state index contributed by atoms with van der Waals surface area (Å²) in [6.45, 7) is 2.45. The fourth-order valence-electron chi connectivity index (χ4n) is 1.47. The number of rotatable bonds is 7. The molecule has 6 heteroatoms. The highest BCUT2D eigenvalue weighted by molar-refractivity contribution is 4.91. The molecule has 17 heavy (non-hydrogen) atoms. The minimum absolute atomic E-state index is 0.00644. The Labute approximate surface area is 99.8 Å². The van der Waals surface area contributed by atoms with Crippen LogP contribution in [0.5, 0.6) is 0 Å². The van der Waals surface area contributed by atoms with Crippen molar-refractivity contribution in [3.63, 3.8) is 0 Å². The average Bonchev–Trinajstić information content (AvgIpc) is 2.15. The summed E-state index contributed by atoms with van der Waals surface area (Å²) in [7, 11) is 0. The predicted octanol–water partition coefficient (Wildman–Crippen LogP) is 2.17. The van der Waals surface area contributed by atoms with E-state index < -0.39 is 18.1 Å². The van der Waals surface area contributed by atoms with Gasteiger partial charge in [0.25, 0.3) is 0 Å². The minimum Gasteiger partial charge on any atom is -0.395 e. The molecule has 0 radical (unpaired) electrons. The molecule has 0 spiro atoms. The predicted molar refractivity (Wildman–Crippen MR) is 58.2 cm³/mol. The summed E-state index contributed by atoms with van der Waals surface area (Å²) in [5.41, 5.74) is -0.511. The van der Waals surface area contributed by atoms with Crippen molar-refractivity contribution in [2.45, 2.75) is 32.9 Å². The number of alkyl halides is 3. The monoisotopic (exact) mass is 252 g/mol. The van der Waals surface area contributed by atoms with Gasteiger partial charge in [-0.1, -0.05) is 0 Å². The third-order valence-electron chi connectivity index (χ3n) is 2.40. The summed E-state index contributed by atoms with van der Waals surface area (Å²) >= 11 is 0. The van der Waals surface area contributed by atoms with E-state index in [-0.39, 0.29) is 19.7 Å².